The number of allylic oxidation sites excluding steroid dienone is 2. The topological polar surface area (TPSA) is 9.23 Å². The summed E-state index contributed by atoms with van der Waals surface area (Å²) in [5, 5.41) is 0. The number of rotatable bonds is 7. The van der Waals surface area contributed by atoms with E-state index in [1.54, 1.807) is 18.4 Å². The Hall–Kier alpha value is -0.720. The summed E-state index contributed by atoms with van der Waals surface area (Å²) < 4.78 is 5.17. The van der Waals surface area contributed by atoms with Gasteiger partial charge in [0.15, 0.2) is 0 Å². The Balaban J connectivity index is 2.90. The Kier molecular flexibility index (Phi) is 8.67. The van der Waals surface area contributed by atoms with Crippen molar-refractivity contribution in [2.45, 2.75) is 32.6 Å². The maximum atomic E-state index is 5.17. The summed E-state index contributed by atoms with van der Waals surface area (Å²) in [5.41, 5.74) is 0. The van der Waals surface area contributed by atoms with E-state index in [-0.39, 0.29) is 0 Å². The summed E-state index contributed by atoms with van der Waals surface area (Å²) in [6.45, 7) is 6.59. The molecule has 1 nitrogen and oxygen atoms in total. The summed E-state index contributed by atoms with van der Waals surface area (Å²) in [5.74, 6) is 0. The Bertz CT molecular complexity index is 105. The number of hydrogen-bond acceptors (Lipinski definition) is 1. The molecule has 0 spiro atoms. The predicted octanol–water partition coefficient (Wildman–Crippen LogP) is 3.28. The largest absolute Gasteiger partial charge is 0.501 e. The van der Waals surface area contributed by atoms with Crippen LogP contribution in [0.3, 0.4) is 0 Å². The van der Waals surface area contributed by atoms with E-state index >= 15 is 0 Å². The minimum Gasteiger partial charge on any atom is -0.501 e. The summed E-state index contributed by atoms with van der Waals surface area (Å²) in [6.07, 6.45) is 10.2. The van der Waals surface area contributed by atoms with E-state index in [2.05, 4.69) is 13.5 Å². The maximum absolute atomic E-state index is 5.17. The molecule has 0 saturated carbocycles. The third-order valence-corrected chi connectivity index (χ3v) is 1.43. The monoisotopic (exact) mass is 154 g/mol. The van der Waals surface area contributed by atoms with Gasteiger partial charge >= 0.3 is 0 Å². The van der Waals surface area contributed by atoms with Gasteiger partial charge < -0.3 is 4.74 Å². The van der Waals surface area contributed by atoms with Crippen molar-refractivity contribution in [2.75, 3.05) is 6.61 Å². The molecule has 0 fully saturated rings. The molecule has 0 aromatic carbocycles. The molecule has 0 amide bonds. The van der Waals surface area contributed by atoms with Crippen LogP contribution in [0.2, 0.25) is 0 Å². The van der Waals surface area contributed by atoms with Crippen molar-refractivity contribution >= 4 is 0 Å². The molecule has 0 aliphatic carbocycles. The number of ether oxygens (including phenoxy) is 1. The average molecular weight is 154 g/mol. The highest BCUT2D eigenvalue weighted by Crippen LogP contribution is 1.98. The van der Waals surface area contributed by atoms with E-state index in [1.165, 1.54) is 19.3 Å². The highest BCUT2D eigenvalue weighted by Gasteiger charge is 1.84. The summed E-state index contributed by atoms with van der Waals surface area (Å²) >= 11 is 0. The molecule has 1 heteroatoms. The molecule has 0 aromatic heterocycles. The Morgan fingerprint density at radius 1 is 1.27 bits per heavy atom. The molecule has 64 valence electrons. The molecule has 0 aliphatic heterocycles. The van der Waals surface area contributed by atoms with Gasteiger partial charge in [-0.3, -0.25) is 0 Å². The zero-order valence-electron chi connectivity index (χ0n) is 7.38. The van der Waals surface area contributed by atoms with Crippen LogP contribution in [0.1, 0.15) is 32.6 Å². The van der Waals surface area contributed by atoms with Gasteiger partial charge in [0.05, 0.1) is 12.9 Å². The molecular formula is C10H18O. The van der Waals surface area contributed by atoms with Crippen LogP contribution in [-0.2, 0) is 4.74 Å². The lowest BCUT2D eigenvalue weighted by atomic mass is 10.2. The molecular weight excluding hydrogens is 136 g/mol. The van der Waals surface area contributed by atoms with E-state index in [9.17, 15) is 0 Å². The first-order chi connectivity index (χ1) is 5.41. The lowest BCUT2D eigenvalue weighted by molar-refractivity contribution is 0.241. The highest BCUT2D eigenvalue weighted by molar-refractivity contribution is 4.92. The minimum absolute atomic E-state index is 0.838. The zero-order chi connectivity index (χ0) is 8.36. The van der Waals surface area contributed by atoms with Gasteiger partial charge in [0.1, 0.15) is 0 Å². The Morgan fingerprint density at radius 3 is 2.73 bits per heavy atom. The summed E-state index contributed by atoms with van der Waals surface area (Å²) in [7, 11) is 0. The van der Waals surface area contributed by atoms with E-state index < -0.39 is 0 Å². The fourth-order valence-electron chi connectivity index (χ4n) is 0.791. The molecule has 11 heavy (non-hydrogen) atoms. The zero-order valence-corrected chi connectivity index (χ0v) is 7.38. The van der Waals surface area contributed by atoms with E-state index in [0.717, 1.165) is 13.0 Å². The Morgan fingerprint density at radius 2 is 2.09 bits per heavy atom. The molecule has 0 heterocycles. The van der Waals surface area contributed by atoms with Crippen molar-refractivity contribution in [1.29, 1.82) is 0 Å². The third kappa shape index (κ3) is 9.28. The Labute approximate surface area is 69.8 Å². The second-order valence-corrected chi connectivity index (χ2v) is 2.50. The second-order valence-electron chi connectivity index (χ2n) is 2.50. The molecule has 0 unspecified atom stereocenters. The molecule has 0 rings (SSSR count). The lowest BCUT2D eigenvalue weighted by Gasteiger charge is -1.98. The standard InChI is InChI=1S/C10H18O/c1-3-5-7-8-10-11-9-6-4-2/h4,6,9H,2-3,5,7-8,10H2,1H3. The van der Waals surface area contributed by atoms with Crippen molar-refractivity contribution in [3.05, 3.63) is 25.0 Å². The molecule has 0 N–H and O–H groups in total. The van der Waals surface area contributed by atoms with Gasteiger partial charge in [0, 0.05) is 0 Å². The fourth-order valence-corrected chi connectivity index (χ4v) is 0.791. The third-order valence-electron chi connectivity index (χ3n) is 1.43. The van der Waals surface area contributed by atoms with Gasteiger partial charge in [0.2, 0.25) is 0 Å². The fraction of sp³-hybridized carbons (Fsp3) is 0.600. The minimum atomic E-state index is 0.838. The first-order valence-electron chi connectivity index (χ1n) is 4.31. The maximum Gasteiger partial charge on any atom is 0.0873 e. The van der Waals surface area contributed by atoms with Crippen LogP contribution in [0, 0.1) is 0 Å². The van der Waals surface area contributed by atoms with Crippen LogP contribution in [0.25, 0.3) is 0 Å². The SMILES string of the molecule is C=CC=COCCCCCC. The van der Waals surface area contributed by atoms with Gasteiger partial charge in [-0.05, 0) is 12.5 Å². The van der Waals surface area contributed by atoms with Crippen LogP contribution in [0.4, 0.5) is 0 Å². The van der Waals surface area contributed by atoms with Crippen LogP contribution < -0.4 is 0 Å². The van der Waals surface area contributed by atoms with Crippen molar-refractivity contribution in [3.63, 3.8) is 0 Å². The summed E-state index contributed by atoms with van der Waals surface area (Å²) in [4.78, 5) is 0. The van der Waals surface area contributed by atoms with Gasteiger partial charge in [-0.1, -0.05) is 38.8 Å². The van der Waals surface area contributed by atoms with Crippen molar-refractivity contribution in [2.24, 2.45) is 0 Å². The number of hydrogen-bond donors (Lipinski definition) is 0. The molecule has 0 radical (unpaired) electrons. The van der Waals surface area contributed by atoms with E-state index in [0.29, 0.717) is 0 Å². The average Bonchev–Trinajstić information content (AvgIpc) is 2.03. The van der Waals surface area contributed by atoms with Crippen LogP contribution >= 0.6 is 0 Å². The first-order valence-corrected chi connectivity index (χ1v) is 4.31. The first kappa shape index (κ1) is 10.3. The highest BCUT2D eigenvalue weighted by atomic mass is 16.5. The molecule has 0 atom stereocenters. The number of unbranched alkanes of at least 4 members (excludes halogenated alkanes) is 3. The summed E-state index contributed by atoms with van der Waals surface area (Å²) in [6, 6.07) is 0. The van der Waals surface area contributed by atoms with Gasteiger partial charge in [-0.2, -0.15) is 0 Å². The van der Waals surface area contributed by atoms with Gasteiger partial charge in [-0.25, -0.2) is 0 Å². The van der Waals surface area contributed by atoms with Crippen molar-refractivity contribution < 1.29 is 4.74 Å². The van der Waals surface area contributed by atoms with Crippen molar-refractivity contribution in [3.8, 4) is 0 Å². The van der Waals surface area contributed by atoms with Crippen LogP contribution in [0.5, 0.6) is 0 Å². The van der Waals surface area contributed by atoms with Crippen molar-refractivity contribution in [1.82, 2.24) is 0 Å². The molecule has 0 saturated heterocycles. The second kappa shape index (κ2) is 9.28. The van der Waals surface area contributed by atoms with E-state index in [4.69, 9.17) is 4.74 Å². The quantitative estimate of drug-likeness (QED) is 0.310. The van der Waals surface area contributed by atoms with Crippen LogP contribution in [0.15, 0.2) is 25.0 Å². The lowest BCUT2D eigenvalue weighted by Crippen LogP contribution is -1.86. The predicted molar refractivity (Wildman–Crippen MR) is 49.4 cm³/mol. The normalized spacial score (nSPS) is 10.3. The van der Waals surface area contributed by atoms with Gasteiger partial charge in [-0.15, -0.1) is 0 Å². The van der Waals surface area contributed by atoms with E-state index in [1.807, 2.05) is 0 Å². The molecule has 0 aliphatic rings. The van der Waals surface area contributed by atoms with Crippen LogP contribution in [-0.4, -0.2) is 6.61 Å². The van der Waals surface area contributed by atoms with Gasteiger partial charge in [0.25, 0.3) is 0 Å². The molecule has 0 bridgehead atoms. The smallest absolute Gasteiger partial charge is 0.0873 e. The molecule has 0 aromatic rings.